The number of rotatable bonds is 3. The molecule has 10 heteroatoms. The molecule has 0 aromatic carbocycles. The quantitative estimate of drug-likeness (QED) is 0.794. The average molecular weight is 330 g/mol. The Morgan fingerprint density at radius 3 is 2.23 bits per heavy atom. The van der Waals surface area contributed by atoms with E-state index in [9.17, 15) is 26.3 Å². The van der Waals surface area contributed by atoms with Crippen molar-refractivity contribution in [3.63, 3.8) is 0 Å². The van der Waals surface area contributed by atoms with Gasteiger partial charge in [0.05, 0.1) is 25.3 Å². The highest BCUT2D eigenvalue weighted by Gasteiger charge is 2.40. The van der Waals surface area contributed by atoms with Crippen LogP contribution in [0.25, 0.3) is 0 Å². The van der Waals surface area contributed by atoms with E-state index in [1.54, 1.807) is 7.05 Å². The molecule has 22 heavy (non-hydrogen) atoms. The first-order valence-corrected chi connectivity index (χ1v) is 6.62. The Hall–Kier alpha value is -1.29. The summed E-state index contributed by atoms with van der Waals surface area (Å²) in [6.07, 6.45) is -5.84. The van der Waals surface area contributed by atoms with Crippen molar-refractivity contribution >= 4 is 0 Å². The fourth-order valence-corrected chi connectivity index (χ4v) is 2.62. The Labute approximate surface area is 123 Å². The molecule has 1 unspecified atom stereocenters. The van der Waals surface area contributed by atoms with Gasteiger partial charge in [0.15, 0.2) is 0 Å². The van der Waals surface area contributed by atoms with E-state index in [1.165, 1.54) is 17.1 Å². The summed E-state index contributed by atoms with van der Waals surface area (Å²) in [7, 11) is 1.61. The third kappa shape index (κ3) is 4.87. The van der Waals surface area contributed by atoms with Gasteiger partial charge in [0.1, 0.15) is 0 Å². The molecule has 2 rings (SSSR count). The number of aryl methyl sites for hydroxylation is 1. The first-order chi connectivity index (χ1) is 10.0. The summed E-state index contributed by atoms with van der Waals surface area (Å²) in [5, 5.41) is 3.89. The van der Waals surface area contributed by atoms with Crippen molar-refractivity contribution < 1.29 is 26.3 Å². The zero-order valence-electron chi connectivity index (χ0n) is 11.8. The van der Waals surface area contributed by atoms with Crippen LogP contribution in [0.15, 0.2) is 12.4 Å². The minimum atomic E-state index is -4.40. The molecule has 1 fully saturated rings. The minimum Gasteiger partial charge on any atom is -0.292 e. The summed E-state index contributed by atoms with van der Waals surface area (Å²) >= 11 is 0. The second-order valence-corrected chi connectivity index (χ2v) is 5.40. The van der Waals surface area contributed by atoms with Crippen molar-refractivity contribution in [2.24, 2.45) is 7.05 Å². The summed E-state index contributed by atoms with van der Waals surface area (Å²) < 4.78 is 76.8. The molecule has 126 valence electrons. The van der Waals surface area contributed by atoms with E-state index in [4.69, 9.17) is 0 Å². The van der Waals surface area contributed by atoms with Crippen LogP contribution in [0.5, 0.6) is 0 Å². The topological polar surface area (TPSA) is 24.3 Å². The Morgan fingerprint density at radius 2 is 1.73 bits per heavy atom. The lowest BCUT2D eigenvalue weighted by Gasteiger charge is -2.41. The van der Waals surface area contributed by atoms with E-state index >= 15 is 0 Å². The van der Waals surface area contributed by atoms with Gasteiger partial charge >= 0.3 is 12.4 Å². The molecule has 0 spiro atoms. The van der Waals surface area contributed by atoms with Gasteiger partial charge in [0.2, 0.25) is 0 Å². The molecule has 0 aliphatic carbocycles. The van der Waals surface area contributed by atoms with Crippen LogP contribution >= 0.6 is 0 Å². The van der Waals surface area contributed by atoms with Crippen LogP contribution < -0.4 is 0 Å². The number of nitrogens with zero attached hydrogens (tertiary/aromatic N) is 4. The largest absolute Gasteiger partial charge is 0.401 e. The van der Waals surface area contributed by atoms with Gasteiger partial charge in [-0.1, -0.05) is 0 Å². The SMILES string of the molecule is Cn1cc(C2CN(CC(F)(F)F)CCN2CC(F)(F)F)cn1. The van der Waals surface area contributed by atoms with Crippen LogP contribution in [-0.2, 0) is 7.05 Å². The molecule has 0 saturated carbocycles. The molecular formula is C12H16F6N4. The average Bonchev–Trinajstić information content (AvgIpc) is 2.74. The molecule has 0 radical (unpaired) electrons. The molecule has 1 aromatic heterocycles. The van der Waals surface area contributed by atoms with E-state index in [0.717, 1.165) is 9.80 Å². The van der Waals surface area contributed by atoms with E-state index in [1.807, 2.05) is 0 Å². The van der Waals surface area contributed by atoms with Crippen molar-refractivity contribution in [2.75, 3.05) is 32.7 Å². The van der Waals surface area contributed by atoms with Crippen LogP contribution in [0.4, 0.5) is 26.3 Å². The van der Waals surface area contributed by atoms with E-state index in [2.05, 4.69) is 5.10 Å². The standard InChI is InChI=1S/C12H16F6N4/c1-20-5-9(4-19-20)10-6-21(7-11(13,14)15)2-3-22(10)8-12(16,17)18/h4-5,10H,2-3,6-8H2,1H3. The van der Waals surface area contributed by atoms with Gasteiger partial charge in [-0.05, 0) is 0 Å². The van der Waals surface area contributed by atoms with Gasteiger partial charge in [-0.25, -0.2) is 0 Å². The summed E-state index contributed by atoms with van der Waals surface area (Å²) in [5.74, 6) is 0. The van der Waals surface area contributed by atoms with Gasteiger partial charge in [0, 0.05) is 38.4 Å². The minimum absolute atomic E-state index is 0.0493. The molecule has 1 atom stereocenters. The van der Waals surface area contributed by atoms with Crippen molar-refractivity contribution in [1.29, 1.82) is 0 Å². The zero-order valence-corrected chi connectivity index (χ0v) is 11.8. The van der Waals surface area contributed by atoms with Gasteiger partial charge in [-0.15, -0.1) is 0 Å². The molecule has 1 aromatic rings. The maximum Gasteiger partial charge on any atom is 0.401 e. The molecular weight excluding hydrogens is 314 g/mol. The predicted octanol–water partition coefficient (Wildman–Crippen LogP) is 2.20. The first kappa shape index (κ1) is 17.1. The maximum absolute atomic E-state index is 12.6. The van der Waals surface area contributed by atoms with Crippen molar-refractivity contribution in [3.05, 3.63) is 18.0 Å². The highest BCUT2D eigenvalue weighted by atomic mass is 19.4. The summed E-state index contributed by atoms with van der Waals surface area (Å²) in [5.41, 5.74) is 0.485. The van der Waals surface area contributed by atoms with Crippen LogP contribution in [0, 0.1) is 0 Å². The van der Waals surface area contributed by atoms with Crippen molar-refractivity contribution in [3.8, 4) is 0 Å². The van der Waals surface area contributed by atoms with Gasteiger partial charge in [-0.2, -0.15) is 31.4 Å². The highest BCUT2D eigenvalue weighted by Crippen LogP contribution is 2.30. The fourth-order valence-electron chi connectivity index (χ4n) is 2.62. The lowest BCUT2D eigenvalue weighted by Crippen LogP contribution is -2.52. The molecule has 0 N–H and O–H groups in total. The Balaban J connectivity index is 2.15. The van der Waals surface area contributed by atoms with E-state index < -0.39 is 31.5 Å². The Bertz CT molecular complexity index is 495. The number of halogens is 6. The maximum atomic E-state index is 12.6. The smallest absolute Gasteiger partial charge is 0.292 e. The van der Waals surface area contributed by atoms with E-state index in [-0.39, 0.29) is 19.6 Å². The first-order valence-electron chi connectivity index (χ1n) is 6.62. The second-order valence-electron chi connectivity index (χ2n) is 5.40. The normalized spacial score (nSPS) is 22.2. The van der Waals surface area contributed by atoms with Crippen LogP contribution in [0.3, 0.4) is 0 Å². The molecule has 2 heterocycles. The van der Waals surface area contributed by atoms with Crippen molar-refractivity contribution in [2.45, 2.75) is 18.4 Å². The lowest BCUT2D eigenvalue weighted by atomic mass is 10.1. The predicted molar refractivity (Wildman–Crippen MR) is 66.1 cm³/mol. The molecule has 0 amide bonds. The van der Waals surface area contributed by atoms with Crippen LogP contribution in [0.2, 0.25) is 0 Å². The Kier molecular flexibility index (Phi) is 4.71. The van der Waals surface area contributed by atoms with Crippen LogP contribution in [-0.4, -0.2) is 64.7 Å². The van der Waals surface area contributed by atoms with Crippen LogP contribution in [0.1, 0.15) is 11.6 Å². The van der Waals surface area contributed by atoms with Gasteiger partial charge < -0.3 is 0 Å². The lowest BCUT2D eigenvalue weighted by molar-refractivity contribution is -0.170. The Morgan fingerprint density at radius 1 is 1.09 bits per heavy atom. The van der Waals surface area contributed by atoms with E-state index in [0.29, 0.717) is 5.56 Å². The van der Waals surface area contributed by atoms with Gasteiger partial charge in [0.25, 0.3) is 0 Å². The molecule has 1 saturated heterocycles. The number of hydrogen-bond donors (Lipinski definition) is 0. The fraction of sp³-hybridized carbons (Fsp3) is 0.750. The molecule has 0 bridgehead atoms. The number of alkyl halides is 6. The molecule has 1 aliphatic heterocycles. The number of aromatic nitrogens is 2. The van der Waals surface area contributed by atoms with Gasteiger partial charge in [-0.3, -0.25) is 14.5 Å². The highest BCUT2D eigenvalue weighted by molar-refractivity contribution is 5.12. The monoisotopic (exact) mass is 330 g/mol. The number of hydrogen-bond acceptors (Lipinski definition) is 3. The van der Waals surface area contributed by atoms with Crippen molar-refractivity contribution in [1.82, 2.24) is 19.6 Å². The second kappa shape index (κ2) is 6.07. The zero-order chi connectivity index (χ0) is 16.5. The summed E-state index contributed by atoms with van der Waals surface area (Å²) in [6.45, 7) is -2.50. The third-order valence-corrected chi connectivity index (χ3v) is 3.47. The molecule has 1 aliphatic rings. The summed E-state index contributed by atoms with van der Waals surface area (Å²) in [4.78, 5) is 2.29. The molecule has 4 nitrogen and oxygen atoms in total. The number of piperazine rings is 1. The third-order valence-electron chi connectivity index (χ3n) is 3.47. The summed E-state index contributed by atoms with van der Waals surface area (Å²) in [6, 6.07) is -0.758.